The van der Waals surface area contributed by atoms with Crippen LogP contribution in [0.25, 0.3) is 0 Å². The van der Waals surface area contributed by atoms with Crippen molar-refractivity contribution in [1.29, 1.82) is 0 Å². The highest BCUT2D eigenvalue weighted by atomic mass is 32.2. The summed E-state index contributed by atoms with van der Waals surface area (Å²) < 4.78 is 29.7. The van der Waals surface area contributed by atoms with Gasteiger partial charge in [-0.15, -0.1) is 0 Å². The first-order chi connectivity index (χ1) is 8.61. The summed E-state index contributed by atoms with van der Waals surface area (Å²) in [6.45, 7) is 1.37. The van der Waals surface area contributed by atoms with E-state index in [1.807, 2.05) is 10.8 Å². The zero-order chi connectivity index (χ0) is 13.0. The third kappa shape index (κ3) is 3.46. The van der Waals surface area contributed by atoms with Gasteiger partial charge in [-0.1, -0.05) is 0 Å². The van der Waals surface area contributed by atoms with Crippen LogP contribution in [0.2, 0.25) is 0 Å². The second kappa shape index (κ2) is 5.71. The van der Waals surface area contributed by atoms with Crippen molar-refractivity contribution in [2.75, 3.05) is 30.5 Å². The Morgan fingerprint density at radius 2 is 2.22 bits per heavy atom. The molecule has 0 saturated carbocycles. The van der Waals surface area contributed by atoms with E-state index in [0.29, 0.717) is 19.4 Å². The van der Waals surface area contributed by atoms with Crippen molar-refractivity contribution in [2.45, 2.75) is 25.4 Å². The third-order valence-corrected chi connectivity index (χ3v) is 4.86. The van der Waals surface area contributed by atoms with Gasteiger partial charge < -0.3 is 14.6 Å². The number of rotatable bonds is 5. The van der Waals surface area contributed by atoms with Crippen molar-refractivity contribution < 1.29 is 13.2 Å². The lowest BCUT2D eigenvalue weighted by molar-refractivity contribution is 0.187. The fraction of sp³-hybridized carbons (Fsp3) is 0.727. The Morgan fingerprint density at radius 1 is 1.50 bits per heavy atom. The second-order valence-electron chi connectivity index (χ2n) is 4.51. The first-order valence-electron chi connectivity index (χ1n) is 6.08. The first kappa shape index (κ1) is 13.4. The maximum absolute atomic E-state index is 11.3. The molecule has 1 aromatic rings. The Bertz CT molecular complexity index is 469. The van der Waals surface area contributed by atoms with E-state index in [1.165, 1.54) is 0 Å². The number of sulfone groups is 1. The Labute approximate surface area is 107 Å². The molecule has 0 atom stereocenters. The molecule has 0 aliphatic carbocycles. The van der Waals surface area contributed by atoms with E-state index in [-0.39, 0.29) is 17.5 Å². The van der Waals surface area contributed by atoms with Crippen molar-refractivity contribution in [3.05, 3.63) is 12.4 Å². The lowest BCUT2D eigenvalue weighted by Crippen LogP contribution is -2.33. The number of ether oxygens (including phenoxy) is 1. The maximum atomic E-state index is 11.3. The molecule has 2 rings (SSSR count). The molecule has 0 amide bonds. The van der Waals surface area contributed by atoms with Crippen LogP contribution in [0.5, 0.6) is 0 Å². The normalized spacial score (nSPS) is 19.8. The smallest absolute Gasteiger partial charge is 0.203 e. The number of aromatic nitrogens is 2. The number of methoxy groups -OCH3 is 1. The van der Waals surface area contributed by atoms with Gasteiger partial charge in [-0.05, 0) is 12.8 Å². The van der Waals surface area contributed by atoms with Gasteiger partial charge in [0.15, 0.2) is 0 Å². The zero-order valence-electron chi connectivity index (χ0n) is 10.5. The van der Waals surface area contributed by atoms with Crippen molar-refractivity contribution in [2.24, 2.45) is 0 Å². The number of imidazole rings is 1. The van der Waals surface area contributed by atoms with Crippen LogP contribution in [0.3, 0.4) is 0 Å². The lowest BCUT2D eigenvalue weighted by Gasteiger charge is -2.23. The van der Waals surface area contributed by atoms with E-state index in [0.717, 1.165) is 12.5 Å². The first-order valence-corrected chi connectivity index (χ1v) is 7.90. The van der Waals surface area contributed by atoms with Crippen LogP contribution in [0, 0.1) is 0 Å². The Kier molecular flexibility index (Phi) is 4.23. The SMILES string of the molecule is COCCn1ccnc1NC1CCS(=O)(=O)CC1. The fourth-order valence-corrected chi connectivity index (χ4v) is 3.53. The topological polar surface area (TPSA) is 73.2 Å². The second-order valence-corrected chi connectivity index (χ2v) is 6.81. The Morgan fingerprint density at radius 3 is 2.89 bits per heavy atom. The van der Waals surface area contributed by atoms with Gasteiger partial charge in [0.05, 0.1) is 18.1 Å². The highest BCUT2D eigenvalue weighted by Crippen LogP contribution is 2.16. The van der Waals surface area contributed by atoms with Crippen LogP contribution in [0.1, 0.15) is 12.8 Å². The van der Waals surface area contributed by atoms with Gasteiger partial charge in [0, 0.05) is 32.1 Å². The van der Waals surface area contributed by atoms with Crippen molar-refractivity contribution in [3.63, 3.8) is 0 Å². The van der Waals surface area contributed by atoms with Crippen LogP contribution in [0.4, 0.5) is 5.95 Å². The van der Waals surface area contributed by atoms with Gasteiger partial charge in [0.25, 0.3) is 0 Å². The largest absolute Gasteiger partial charge is 0.383 e. The molecule has 1 saturated heterocycles. The van der Waals surface area contributed by atoms with E-state index in [4.69, 9.17) is 4.74 Å². The van der Waals surface area contributed by atoms with Crippen molar-refractivity contribution in [3.8, 4) is 0 Å². The quantitative estimate of drug-likeness (QED) is 0.846. The van der Waals surface area contributed by atoms with Crippen LogP contribution in [-0.4, -0.2) is 49.2 Å². The molecule has 0 radical (unpaired) electrons. The molecule has 0 aromatic carbocycles. The summed E-state index contributed by atoms with van der Waals surface area (Å²) in [6, 6.07) is 0.192. The van der Waals surface area contributed by atoms with Gasteiger partial charge >= 0.3 is 0 Å². The van der Waals surface area contributed by atoms with E-state index < -0.39 is 9.84 Å². The molecule has 1 fully saturated rings. The minimum absolute atomic E-state index is 0.192. The van der Waals surface area contributed by atoms with Crippen molar-refractivity contribution >= 4 is 15.8 Å². The highest BCUT2D eigenvalue weighted by Gasteiger charge is 2.24. The molecule has 102 valence electrons. The Balaban J connectivity index is 1.92. The van der Waals surface area contributed by atoms with Gasteiger partial charge in [0.2, 0.25) is 5.95 Å². The summed E-state index contributed by atoms with van der Waals surface area (Å²) in [4.78, 5) is 4.25. The summed E-state index contributed by atoms with van der Waals surface area (Å²) in [6.07, 6.45) is 4.93. The van der Waals surface area contributed by atoms with E-state index >= 15 is 0 Å². The highest BCUT2D eigenvalue weighted by molar-refractivity contribution is 7.91. The molecular weight excluding hydrogens is 254 g/mol. The molecule has 1 aromatic heterocycles. The summed E-state index contributed by atoms with van der Waals surface area (Å²) >= 11 is 0. The molecule has 7 heteroatoms. The third-order valence-electron chi connectivity index (χ3n) is 3.14. The molecular formula is C11H19N3O3S. The van der Waals surface area contributed by atoms with Crippen molar-refractivity contribution in [1.82, 2.24) is 9.55 Å². The fourth-order valence-electron chi connectivity index (χ4n) is 2.04. The number of nitrogens with one attached hydrogen (secondary N) is 1. The minimum Gasteiger partial charge on any atom is -0.383 e. The molecule has 1 N–H and O–H groups in total. The van der Waals surface area contributed by atoms with E-state index in [9.17, 15) is 8.42 Å². The molecule has 2 heterocycles. The lowest BCUT2D eigenvalue weighted by atomic mass is 10.2. The van der Waals surface area contributed by atoms with E-state index in [2.05, 4.69) is 10.3 Å². The summed E-state index contributed by atoms with van der Waals surface area (Å²) in [5.41, 5.74) is 0. The van der Waals surface area contributed by atoms with Gasteiger partial charge in [-0.25, -0.2) is 13.4 Å². The predicted octanol–water partition coefficient (Wildman–Crippen LogP) is 0.519. The van der Waals surface area contributed by atoms with Crippen LogP contribution < -0.4 is 5.32 Å². The van der Waals surface area contributed by atoms with E-state index in [1.54, 1.807) is 13.3 Å². The monoisotopic (exact) mass is 273 g/mol. The maximum Gasteiger partial charge on any atom is 0.203 e. The van der Waals surface area contributed by atoms with Gasteiger partial charge in [-0.2, -0.15) is 0 Å². The molecule has 0 unspecified atom stereocenters. The average molecular weight is 273 g/mol. The number of hydrogen-bond acceptors (Lipinski definition) is 5. The number of hydrogen-bond donors (Lipinski definition) is 1. The van der Waals surface area contributed by atoms with Gasteiger partial charge in [-0.3, -0.25) is 0 Å². The predicted molar refractivity (Wildman–Crippen MR) is 69.4 cm³/mol. The number of anilines is 1. The number of nitrogens with zero attached hydrogens (tertiary/aromatic N) is 2. The Hall–Kier alpha value is -1.08. The molecule has 1 aliphatic heterocycles. The molecule has 1 aliphatic rings. The minimum atomic E-state index is -2.81. The zero-order valence-corrected chi connectivity index (χ0v) is 11.3. The van der Waals surface area contributed by atoms with Crippen LogP contribution >= 0.6 is 0 Å². The molecule has 0 bridgehead atoms. The van der Waals surface area contributed by atoms with Gasteiger partial charge in [0.1, 0.15) is 9.84 Å². The van der Waals surface area contributed by atoms with Crippen LogP contribution in [-0.2, 0) is 21.1 Å². The molecule has 6 nitrogen and oxygen atoms in total. The molecule has 0 spiro atoms. The average Bonchev–Trinajstić information content (AvgIpc) is 2.77. The molecule has 18 heavy (non-hydrogen) atoms. The summed E-state index contributed by atoms with van der Waals surface area (Å²) in [7, 11) is -1.14. The van der Waals surface area contributed by atoms with Crippen LogP contribution in [0.15, 0.2) is 12.4 Å². The summed E-state index contributed by atoms with van der Waals surface area (Å²) in [5.74, 6) is 1.32. The summed E-state index contributed by atoms with van der Waals surface area (Å²) in [5, 5.41) is 3.31. The standard InChI is InChI=1S/C11H19N3O3S/c1-17-7-6-14-5-4-12-11(14)13-10-2-8-18(15,16)9-3-10/h4-5,10H,2-3,6-9H2,1H3,(H,12,13).